The Kier molecular flexibility index (Phi) is 5.46. The number of amides is 1. The number of ether oxygens (including phenoxy) is 2. The Labute approximate surface area is 142 Å². The third kappa shape index (κ3) is 4.49. The van der Waals surface area contributed by atoms with Gasteiger partial charge in [0.15, 0.2) is 6.79 Å². The van der Waals surface area contributed by atoms with E-state index in [0.717, 1.165) is 5.56 Å². The first-order valence-electron chi connectivity index (χ1n) is 7.68. The molecule has 24 heavy (non-hydrogen) atoms. The molecular formula is C19H23NO4. The van der Waals surface area contributed by atoms with Crippen LogP contribution in [0.4, 0.5) is 5.69 Å². The quantitative estimate of drug-likeness (QED) is 0.816. The van der Waals surface area contributed by atoms with Crippen LogP contribution >= 0.6 is 0 Å². The molecule has 5 nitrogen and oxygen atoms in total. The van der Waals surface area contributed by atoms with E-state index in [9.17, 15) is 9.90 Å². The van der Waals surface area contributed by atoms with Gasteiger partial charge in [-0.3, -0.25) is 4.79 Å². The highest BCUT2D eigenvalue weighted by Gasteiger charge is 2.18. The number of phenolic OH excluding ortho intramolecular Hbond substituents is 1. The van der Waals surface area contributed by atoms with Crippen molar-refractivity contribution in [2.75, 3.05) is 19.2 Å². The normalized spacial score (nSPS) is 11.2. The number of aromatic hydroxyl groups is 1. The minimum atomic E-state index is -0.320. The molecule has 1 amide bonds. The molecule has 0 radical (unpaired) electrons. The first kappa shape index (κ1) is 17.8. The zero-order valence-corrected chi connectivity index (χ0v) is 14.4. The van der Waals surface area contributed by atoms with E-state index in [1.54, 1.807) is 12.1 Å². The van der Waals surface area contributed by atoms with Gasteiger partial charge in [0.25, 0.3) is 5.91 Å². The number of hydrogen-bond acceptors (Lipinski definition) is 4. The number of hydrogen-bond donors (Lipinski definition) is 2. The second kappa shape index (κ2) is 7.36. The van der Waals surface area contributed by atoms with Crippen LogP contribution in [-0.4, -0.2) is 24.9 Å². The number of rotatable bonds is 5. The van der Waals surface area contributed by atoms with Crippen molar-refractivity contribution < 1.29 is 19.4 Å². The molecule has 0 aromatic heterocycles. The summed E-state index contributed by atoms with van der Waals surface area (Å²) in [5.74, 6) is 0.250. The van der Waals surface area contributed by atoms with Crippen molar-refractivity contribution in [3.8, 4) is 11.5 Å². The van der Waals surface area contributed by atoms with E-state index >= 15 is 0 Å². The van der Waals surface area contributed by atoms with Gasteiger partial charge in [-0.1, -0.05) is 32.9 Å². The van der Waals surface area contributed by atoms with Gasteiger partial charge in [-0.05, 0) is 41.3 Å². The summed E-state index contributed by atoms with van der Waals surface area (Å²) in [6, 6.07) is 11.9. The van der Waals surface area contributed by atoms with Gasteiger partial charge in [0.05, 0.1) is 5.69 Å². The van der Waals surface area contributed by atoms with E-state index in [1.165, 1.54) is 19.2 Å². The highest BCUT2D eigenvalue weighted by Crippen LogP contribution is 2.32. The van der Waals surface area contributed by atoms with Crippen LogP contribution in [-0.2, 0) is 10.2 Å². The Bertz CT molecular complexity index is 720. The third-order valence-electron chi connectivity index (χ3n) is 3.53. The van der Waals surface area contributed by atoms with E-state index < -0.39 is 0 Å². The molecule has 0 fully saturated rings. The highest BCUT2D eigenvalue weighted by atomic mass is 16.7. The number of carbonyl (C=O) groups is 1. The fourth-order valence-electron chi connectivity index (χ4n) is 2.18. The van der Waals surface area contributed by atoms with Crippen molar-refractivity contribution in [3.05, 3.63) is 53.6 Å². The summed E-state index contributed by atoms with van der Waals surface area (Å²) >= 11 is 0. The number of methoxy groups -OCH3 is 1. The van der Waals surface area contributed by atoms with Crippen LogP contribution in [0.2, 0.25) is 0 Å². The van der Waals surface area contributed by atoms with Crippen molar-refractivity contribution in [3.63, 3.8) is 0 Å². The van der Waals surface area contributed by atoms with E-state index in [-0.39, 0.29) is 23.9 Å². The van der Waals surface area contributed by atoms with Gasteiger partial charge in [-0.15, -0.1) is 0 Å². The second-order valence-electron chi connectivity index (χ2n) is 6.52. The number of carbonyl (C=O) groups excluding carboxylic acids is 1. The Balaban J connectivity index is 2.33. The smallest absolute Gasteiger partial charge is 0.255 e. The van der Waals surface area contributed by atoms with Crippen molar-refractivity contribution in [1.29, 1.82) is 0 Å². The van der Waals surface area contributed by atoms with E-state index in [4.69, 9.17) is 9.47 Å². The summed E-state index contributed by atoms with van der Waals surface area (Å²) in [5, 5.41) is 12.4. The number of anilines is 1. The van der Waals surface area contributed by atoms with Gasteiger partial charge < -0.3 is 19.9 Å². The van der Waals surface area contributed by atoms with Gasteiger partial charge >= 0.3 is 0 Å². The van der Waals surface area contributed by atoms with E-state index in [0.29, 0.717) is 17.0 Å². The van der Waals surface area contributed by atoms with Crippen molar-refractivity contribution in [2.24, 2.45) is 0 Å². The summed E-state index contributed by atoms with van der Waals surface area (Å²) in [6.45, 7) is 6.38. The standard InChI is InChI=1S/C19H23NO4/c1-19(2,3)14-8-9-17(24-12-23-4)16(11-14)20-18(22)13-6-5-7-15(21)10-13/h5-11,21H,12H2,1-4H3,(H,20,22). The molecule has 0 saturated heterocycles. The van der Waals surface area contributed by atoms with Crippen LogP contribution in [0.5, 0.6) is 11.5 Å². The average Bonchev–Trinajstić information content (AvgIpc) is 2.52. The molecule has 0 aliphatic rings. The maximum atomic E-state index is 12.4. The van der Waals surface area contributed by atoms with Gasteiger partial charge in [-0.25, -0.2) is 0 Å². The summed E-state index contributed by atoms with van der Waals surface area (Å²) in [7, 11) is 1.54. The minimum Gasteiger partial charge on any atom is -0.508 e. The van der Waals surface area contributed by atoms with Crippen molar-refractivity contribution in [2.45, 2.75) is 26.2 Å². The zero-order chi connectivity index (χ0) is 17.7. The summed E-state index contributed by atoms with van der Waals surface area (Å²) in [5.41, 5.74) is 1.93. The molecule has 0 saturated carbocycles. The van der Waals surface area contributed by atoms with Crippen LogP contribution in [0.3, 0.4) is 0 Å². The molecule has 2 rings (SSSR count). The Hall–Kier alpha value is -2.53. The minimum absolute atomic E-state index is 0.0435. The molecule has 128 valence electrons. The van der Waals surface area contributed by atoms with E-state index in [2.05, 4.69) is 26.1 Å². The monoisotopic (exact) mass is 329 g/mol. The largest absolute Gasteiger partial charge is 0.508 e. The predicted molar refractivity (Wildman–Crippen MR) is 93.7 cm³/mol. The lowest BCUT2D eigenvalue weighted by Gasteiger charge is -2.21. The Morgan fingerprint density at radius 2 is 1.92 bits per heavy atom. The van der Waals surface area contributed by atoms with Gasteiger partial charge in [-0.2, -0.15) is 0 Å². The molecule has 2 N–H and O–H groups in total. The Morgan fingerprint density at radius 3 is 2.54 bits per heavy atom. The topological polar surface area (TPSA) is 67.8 Å². The molecule has 0 unspecified atom stereocenters. The maximum Gasteiger partial charge on any atom is 0.255 e. The molecule has 0 aliphatic carbocycles. The van der Waals surface area contributed by atoms with Crippen molar-refractivity contribution in [1.82, 2.24) is 0 Å². The van der Waals surface area contributed by atoms with E-state index in [1.807, 2.05) is 18.2 Å². The molecule has 2 aromatic carbocycles. The molecule has 0 aliphatic heterocycles. The molecule has 2 aromatic rings. The maximum absolute atomic E-state index is 12.4. The van der Waals surface area contributed by atoms with Gasteiger partial charge in [0, 0.05) is 12.7 Å². The highest BCUT2D eigenvalue weighted by molar-refractivity contribution is 6.05. The molecule has 0 spiro atoms. The molecule has 5 heteroatoms. The summed E-state index contributed by atoms with van der Waals surface area (Å²) < 4.78 is 10.5. The fraction of sp³-hybridized carbons (Fsp3) is 0.316. The third-order valence-corrected chi connectivity index (χ3v) is 3.53. The first-order chi connectivity index (χ1) is 11.3. The average molecular weight is 329 g/mol. The predicted octanol–water partition coefficient (Wildman–Crippen LogP) is 3.92. The van der Waals surface area contributed by atoms with Crippen LogP contribution in [0.25, 0.3) is 0 Å². The molecule has 0 bridgehead atoms. The first-order valence-corrected chi connectivity index (χ1v) is 7.68. The van der Waals surface area contributed by atoms with Gasteiger partial charge in [0.2, 0.25) is 0 Å². The van der Waals surface area contributed by atoms with Crippen molar-refractivity contribution >= 4 is 11.6 Å². The lowest BCUT2D eigenvalue weighted by molar-refractivity contribution is 0.0515. The van der Waals surface area contributed by atoms with Crippen LogP contribution in [0.15, 0.2) is 42.5 Å². The molecule has 0 heterocycles. The SMILES string of the molecule is COCOc1ccc(C(C)(C)C)cc1NC(=O)c1cccc(O)c1. The van der Waals surface area contributed by atoms with Crippen LogP contribution < -0.4 is 10.1 Å². The van der Waals surface area contributed by atoms with Crippen LogP contribution in [0, 0.1) is 0 Å². The lowest BCUT2D eigenvalue weighted by Crippen LogP contribution is -2.16. The molecular weight excluding hydrogens is 306 g/mol. The number of benzene rings is 2. The van der Waals surface area contributed by atoms with Crippen LogP contribution in [0.1, 0.15) is 36.7 Å². The Morgan fingerprint density at radius 1 is 1.17 bits per heavy atom. The lowest BCUT2D eigenvalue weighted by atomic mass is 9.87. The number of phenols is 1. The second-order valence-corrected chi connectivity index (χ2v) is 6.52. The summed E-state index contributed by atoms with van der Waals surface area (Å²) in [4.78, 5) is 12.4. The summed E-state index contributed by atoms with van der Waals surface area (Å²) in [6.07, 6.45) is 0. The number of nitrogens with one attached hydrogen (secondary N) is 1. The van der Waals surface area contributed by atoms with Gasteiger partial charge in [0.1, 0.15) is 11.5 Å². The fourth-order valence-corrected chi connectivity index (χ4v) is 2.18. The molecule has 0 atom stereocenters. The zero-order valence-electron chi connectivity index (χ0n) is 14.4.